The van der Waals surface area contributed by atoms with Crippen molar-refractivity contribution < 1.29 is 4.39 Å². The maximum absolute atomic E-state index is 13.2. The average Bonchev–Trinajstić information content (AvgIpc) is 2.07. The molecule has 0 spiro atoms. The van der Waals surface area contributed by atoms with Gasteiger partial charge in [0.05, 0.1) is 5.69 Å². The molecule has 14 heavy (non-hydrogen) atoms. The Morgan fingerprint density at radius 1 is 1.50 bits per heavy atom. The van der Waals surface area contributed by atoms with E-state index in [4.69, 9.17) is 5.73 Å². The van der Waals surface area contributed by atoms with Crippen LogP contribution in [0.1, 0.15) is 26.0 Å². The highest BCUT2D eigenvalue weighted by Crippen LogP contribution is 2.10. The molecule has 0 aromatic carbocycles. The first kappa shape index (κ1) is 11.1. The van der Waals surface area contributed by atoms with Gasteiger partial charge in [0.2, 0.25) is 0 Å². The van der Waals surface area contributed by atoms with Gasteiger partial charge in [-0.2, -0.15) is 0 Å². The smallest absolute Gasteiger partial charge is 0.144 e. The van der Waals surface area contributed by atoms with E-state index in [1.54, 1.807) is 12.3 Å². The van der Waals surface area contributed by atoms with Crippen LogP contribution in [0.3, 0.4) is 0 Å². The highest BCUT2D eigenvalue weighted by Gasteiger charge is 2.10. The molecule has 0 saturated heterocycles. The van der Waals surface area contributed by atoms with Crippen LogP contribution in [0.5, 0.6) is 0 Å². The number of hydrogen-bond donors (Lipinski definition) is 1. The third-order valence-corrected chi connectivity index (χ3v) is 2.06. The summed E-state index contributed by atoms with van der Waals surface area (Å²) in [6, 6.07) is 3.01. The predicted molar refractivity (Wildman–Crippen MR) is 55.3 cm³/mol. The number of nitrogens with two attached hydrogens (primary N) is 1. The van der Waals surface area contributed by atoms with Crippen LogP contribution in [0.25, 0.3) is 0 Å². The molecule has 1 atom stereocenters. The van der Waals surface area contributed by atoms with E-state index in [1.165, 1.54) is 6.07 Å². The summed E-state index contributed by atoms with van der Waals surface area (Å²) in [5.74, 6) is 0.281. The van der Waals surface area contributed by atoms with E-state index in [9.17, 15) is 4.39 Å². The van der Waals surface area contributed by atoms with Gasteiger partial charge >= 0.3 is 0 Å². The number of rotatable bonds is 4. The Hall–Kier alpha value is -0.960. The zero-order valence-corrected chi connectivity index (χ0v) is 8.70. The van der Waals surface area contributed by atoms with Gasteiger partial charge in [0.1, 0.15) is 5.82 Å². The van der Waals surface area contributed by atoms with Crippen molar-refractivity contribution in [1.29, 1.82) is 0 Å². The summed E-state index contributed by atoms with van der Waals surface area (Å²) in [4.78, 5) is 3.97. The van der Waals surface area contributed by atoms with Crippen molar-refractivity contribution in [2.75, 3.05) is 0 Å². The van der Waals surface area contributed by atoms with Crippen LogP contribution in [0.4, 0.5) is 4.39 Å². The van der Waals surface area contributed by atoms with E-state index in [-0.39, 0.29) is 11.9 Å². The normalized spacial score (nSPS) is 13.2. The Morgan fingerprint density at radius 3 is 2.79 bits per heavy atom. The van der Waals surface area contributed by atoms with Gasteiger partial charge in [0.25, 0.3) is 0 Å². The Labute approximate surface area is 84.3 Å². The molecule has 1 heterocycles. The van der Waals surface area contributed by atoms with Gasteiger partial charge in [-0.15, -0.1) is 0 Å². The number of hydrogen-bond acceptors (Lipinski definition) is 2. The second kappa shape index (κ2) is 5.05. The molecule has 78 valence electrons. The minimum absolute atomic E-state index is 0.000556. The lowest BCUT2D eigenvalue weighted by molar-refractivity contribution is 0.480. The summed E-state index contributed by atoms with van der Waals surface area (Å²) in [6.45, 7) is 4.21. The zero-order chi connectivity index (χ0) is 10.6. The summed E-state index contributed by atoms with van der Waals surface area (Å²) in [6.07, 6.45) is 3.02. The third-order valence-electron chi connectivity index (χ3n) is 2.06. The van der Waals surface area contributed by atoms with Crippen molar-refractivity contribution >= 4 is 0 Å². The topological polar surface area (TPSA) is 38.9 Å². The molecule has 2 N–H and O–H groups in total. The van der Waals surface area contributed by atoms with Crippen LogP contribution >= 0.6 is 0 Å². The second-order valence-electron chi connectivity index (χ2n) is 4.03. The molecule has 1 aromatic heterocycles. The van der Waals surface area contributed by atoms with Gasteiger partial charge < -0.3 is 5.73 Å². The minimum Gasteiger partial charge on any atom is -0.327 e. The Bertz CT molecular complexity index is 286. The van der Waals surface area contributed by atoms with Crippen molar-refractivity contribution in [2.24, 2.45) is 11.7 Å². The molecule has 0 amide bonds. The molecule has 1 rings (SSSR count). The fourth-order valence-electron chi connectivity index (χ4n) is 1.51. The van der Waals surface area contributed by atoms with Gasteiger partial charge in [-0.25, -0.2) is 4.39 Å². The predicted octanol–water partition coefficient (Wildman–Crippen LogP) is 2.14. The Kier molecular flexibility index (Phi) is 4.01. The van der Waals surface area contributed by atoms with Crippen molar-refractivity contribution in [3.05, 3.63) is 29.8 Å². The van der Waals surface area contributed by atoms with Crippen LogP contribution in [-0.4, -0.2) is 11.0 Å². The molecule has 0 saturated carbocycles. The number of nitrogens with zero attached hydrogens (tertiary/aromatic N) is 1. The fraction of sp³-hybridized carbons (Fsp3) is 0.545. The molecule has 3 heteroatoms. The lowest BCUT2D eigenvalue weighted by atomic mass is 10.0. The molecule has 2 nitrogen and oxygen atoms in total. The molecule has 0 aliphatic rings. The van der Waals surface area contributed by atoms with Crippen molar-refractivity contribution in [2.45, 2.75) is 32.7 Å². The van der Waals surface area contributed by atoms with E-state index in [0.29, 0.717) is 18.0 Å². The Morgan fingerprint density at radius 2 is 2.21 bits per heavy atom. The number of pyridine rings is 1. The maximum Gasteiger partial charge on any atom is 0.144 e. The molecule has 0 aliphatic carbocycles. The fourth-order valence-corrected chi connectivity index (χ4v) is 1.51. The maximum atomic E-state index is 13.2. The van der Waals surface area contributed by atoms with Crippen LogP contribution in [0.2, 0.25) is 0 Å². The van der Waals surface area contributed by atoms with E-state index in [1.807, 2.05) is 0 Å². The van der Waals surface area contributed by atoms with Crippen LogP contribution in [0.15, 0.2) is 18.3 Å². The van der Waals surface area contributed by atoms with Gasteiger partial charge in [0.15, 0.2) is 0 Å². The molecular weight excluding hydrogens is 179 g/mol. The van der Waals surface area contributed by atoms with Gasteiger partial charge in [-0.1, -0.05) is 13.8 Å². The van der Waals surface area contributed by atoms with E-state index < -0.39 is 0 Å². The van der Waals surface area contributed by atoms with E-state index in [0.717, 1.165) is 6.42 Å². The summed E-state index contributed by atoms with van der Waals surface area (Å²) in [5.41, 5.74) is 6.34. The highest BCUT2D eigenvalue weighted by molar-refractivity contribution is 5.08. The average molecular weight is 196 g/mol. The third kappa shape index (κ3) is 3.42. The zero-order valence-electron chi connectivity index (χ0n) is 8.70. The standard InChI is InChI=1S/C11H17FN2/c1-8(2)6-9(13)7-11-10(12)4-3-5-14-11/h3-5,8-9H,6-7,13H2,1-2H3. The summed E-state index contributed by atoms with van der Waals surface area (Å²) in [7, 11) is 0. The summed E-state index contributed by atoms with van der Waals surface area (Å²) < 4.78 is 13.2. The highest BCUT2D eigenvalue weighted by atomic mass is 19.1. The summed E-state index contributed by atoms with van der Waals surface area (Å²) in [5, 5.41) is 0. The van der Waals surface area contributed by atoms with Gasteiger partial charge in [-0.05, 0) is 24.5 Å². The minimum atomic E-state index is -0.258. The molecular formula is C11H17FN2. The number of aromatic nitrogens is 1. The largest absolute Gasteiger partial charge is 0.327 e. The van der Waals surface area contributed by atoms with Crippen LogP contribution < -0.4 is 5.73 Å². The summed E-state index contributed by atoms with van der Waals surface area (Å²) >= 11 is 0. The SMILES string of the molecule is CC(C)CC(N)Cc1ncccc1F. The molecule has 0 radical (unpaired) electrons. The van der Waals surface area contributed by atoms with Gasteiger partial charge in [-0.3, -0.25) is 4.98 Å². The van der Waals surface area contributed by atoms with Crippen molar-refractivity contribution in [3.63, 3.8) is 0 Å². The Balaban J connectivity index is 2.56. The van der Waals surface area contributed by atoms with Gasteiger partial charge in [0, 0.05) is 18.7 Å². The van der Waals surface area contributed by atoms with Crippen molar-refractivity contribution in [1.82, 2.24) is 4.98 Å². The van der Waals surface area contributed by atoms with E-state index >= 15 is 0 Å². The monoisotopic (exact) mass is 196 g/mol. The number of halogens is 1. The first-order chi connectivity index (χ1) is 6.59. The van der Waals surface area contributed by atoms with Crippen LogP contribution in [-0.2, 0) is 6.42 Å². The molecule has 0 fully saturated rings. The second-order valence-corrected chi connectivity index (χ2v) is 4.03. The molecule has 0 bridgehead atoms. The van der Waals surface area contributed by atoms with Crippen LogP contribution in [0, 0.1) is 11.7 Å². The molecule has 0 aliphatic heterocycles. The van der Waals surface area contributed by atoms with E-state index in [2.05, 4.69) is 18.8 Å². The molecule has 1 unspecified atom stereocenters. The first-order valence-electron chi connectivity index (χ1n) is 4.94. The lowest BCUT2D eigenvalue weighted by Gasteiger charge is -2.13. The lowest BCUT2D eigenvalue weighted by Crippen LogP contribution is -2.25. The van der Waals surface area contributed by atoms with Crippen molar-refractivity contribution in [3.8, 4) is 0 Å². The molecule has 1 aromatic rings. The first-order valence-corrected chi connectivity index (χ1v) is 4.94. The quantitative estimate of drug-likeness (QED) is 0.801.